The van der Waals surface area contributed by atoms with Crippen molar-refractivity contribution < 1.29 is 20.0 Å². The van der Waals surface area contributed by atoms with Crippen LogP contribution in [0.2, 0.25) is 7.35 Å². The van der Waals surface area contributed by atoms with E-state index in [-0.39, 0.29) is 24.8 Å². The second-order valence-electron chi connectivity index (χ2n) is 15.9. The van der Waals surface area contributed by atoms with Crippen LogP contribution >= 0.6 is 24.8 Å². The van der Waals surface area contributed by atoms with Crippen molar-refractivity contribution in [3.63, 3.8) is 0 Å². The summed E-state index contributed by atoms with van der Waals surface area (Å²) >= 11 is -3.22. The molecule has 3 heteroatoms. The van der Waals surface area contributed by atoms with Crippen molar-refractivity contribution in [2.45, 2.75) is 105 Å². The predicted octanol–water partition coefficient (Wildman–Crippen LogP) is 13.9. The van der Waals surface area contributed by atoms with E-state index in [0.29, 0.717) is 0 Å². The van der Waals surface area contributed by atoms with E-state index in [0.717, 1.165) is 26.5 Å². The van der Waals surface area contributed by atoms with Crippen LogP contribution in [-0.4, -0.2) is 0 Å². The first-order chi connectivity index (χ1) is 22.3. The van der Waals surface area contributed by atoms with Crippen molar-refractivity contribution in [1.82, 2.24) is 0 Å². The summed E-state index contributed by atoms with van der Waals surface area (Å²) in [5.74, 6) is 1.63. The standard InChI is InChI=1S/2C19H19.C6H10.2ClH.Hf/c2*1-2-6-14(7-3-1)17-12-16-11-10-15-8-4-5-9-18(15)19(16)13-17;1-2-4-6-5-3-1;;;/h2*4-5,8-14H,1-3,6-7H2;1-2H,3-6H2;2*1H;. The van der Waals surface area contributed by atoms with Crippen LogP contribution in [0.5, 0.6) is 0 Å². The predicted molar refractivity (Wildman–Crippen MR) is 203 cm³/mol. The van der Waals surface area contributed by atoms with Crippen LogP contribution < -0.4 is 0 Å². The zero-order valence-electron chi connectivity index (χ0n) is 27.8. The number of halogens is 2. The SMILES string of the molecule is C1=C(C2CCCCC2)[CH]([Hf]2([CH]3C(C4CCCCC4)=Cc4c3ccc3ccccc43)[CH]3CCCC[CH]32)c2ccc3ccccc3c21.Cl.Cl. The summed E-state index contributed by atoms with van der Waals surface area (Å²) in [5.41, 5.74) is 10.8. The molecule has 4 unspecified atom stereocenters. The maximum absolute atomic E-state index is 3.22. The van der Waals surface area contributed by atoms with E-state index in [2.05, 4.69) is 84.9 Å². The molecule has 1 saturated heterocycles. The molecule has 1 aliphatic heterocycles. The Labute approximate surface area is 299 Å². The van der Waals surface area contributed by atoms with Crippen molar-refractivity contribution in [2.24, 2.45) is 11.8 Å². The van der Waals surface area contributed by atoms with E-state index in [1.807, 2.05) is 11.1 Å². The van der Waals surface area contributed by atoms with Crippen LogP contribution in [0.3, 0.4) is 0 Å². The minimum atomic E-state index is -3.22. The molecule has 4 aromatic rings. The molecule has 244 valence electrons. The zero-order chi connectivity index (χ0) is 29.5. The normalized spacial score (nSPS) is 30.0. The van der Waals surface area contributed by atoms with E-state index in [9.17, 15) is 0 Å². The first kappa shape index (κ1) is 32.5. The first-order valence-corrected chi connectivity index (χ1v) is 27.1. The maximum atomic E-state index is 2.84. The van der Waals surface area contributed by atoms with Gasteiger partial charge in [-0.2, -0.15) is 0 Å². The van der Waals surface area contributed by atoms with E-state index in [1.54, 1.807) is 35.1 Å². The molecule has 6 aliphatic rings. The van der Waals surface area contributed by atoms with Gasteiger partial charge in [0, 0.05) is 0 Å². The molecule has 47 heavy (non-hydrogen) atoms. The fourth-order valence-corrected chi connectivity index (χ4v) is 47.9. The Bertz CT molecular complexity index is 1740. The first-order valence-electron chi connectivity index (χ1n) is 18.8. The molecule has 10 rings (SSSR count). The van der Waals surface area contributed by atoms with Crippen LogP contribution in [0.15, 0.2) is 83.9 Å². The van der Waals surface area contributed by atoms with Crippen molar-refractivity contribution in [1.29, 1.82) is 0 Å². The molecule has 0 radical (unpaired) electrons. The molecule has 0 N–H and O–H groups in total. The molecule has 4 atom stereocenters. The molecular weight excluding hydrogens is 778 g/mol. The molecule has 0 bridgehead atoms. The third-order valence-electron chi connectivity index (χ3n) is 14.0. The van der Waals surface area contributed by atoms with E-state index >= 15 is 0 Å². The summed E-state index contributed by atoms with van der Waals surface area (Å²) in [6.45, 7) is 0. The van der Waals surface area contributed by atoms with Crippen molar-refractivity contribution in [2.75, 3.05) is 0 Å². The van der Waals surface area contributed by atoms with Gasteiger partial charge in [0.25, 0.3) is 0 Å². The largest absolute Gasteiger partial charge is 0.147 e. The van der Waals surface area contributed by atoms with Gasteiger partial charge in [0.15, 0.2) is 0 Å². The Balaban J connectivity index is 0.00000162. The van der Waals surface area contributed by atoms with Gasteiger partial charge in [0.05, 0.1) is 0 Å². The van der Waals surface area contributed by atoms with E-state index in [1.165, 1.54) is 98.6 Å². The molecule has 0 amide bonds. The molecule has 1 heterocycles. The monoisotopic (exact) mass is 828 g/mol. The minimum Gasteiger partial charge on any atom is -0.147 e. The summed E-state index contributed by atoms with van der Waals surface area (Å²) in [7, 11) is 0. The molecule has 3 saturated carbocycles. The van der Waals surface area contributed by atoms with Crippen LogP contribution in [-0.2, 0) is 20.0 Å². The molecular formula is C44H50Cl2Hf. The Morgan fingerprint density at radius 3 is 1.28 bits per heavy atom. The van der Waals surface area contributed by atoms with Gasteiger partial charge in [0.1, 0.15) is 0 Å². The average molecular weight is 828 g/mol. The van der Waals surface area contributed by atoms with Gasteiger partial charge in [0.2, 0.25) is 0 Å². The number of allylic oxidation sites excluding steroid dienone is 2. The van der Waals surface area contributed by atoms with E-state index < -0.39 is 20.0 Å². The number of fused-ring (bicyclic) bond motifs is 7. The van der Waals surface area contributed by atoms with Gasteiger partial charge in [-0.1, -0.05) is 0 Å². The number of hydrogen-bond donors (Lipinski definition) is 0. The molecule has 4 fully saturated rings. The van der Waals surface area contributed by atoms with Gasteiger partial charge < -0.3 is 0 Å². The summed E-state index contributed by atoms with van der Waals surface area (Å²) in [6, 6.07) is 29.0. The van der Waals surface area contributed by atoms with Crippen molar-refractivity contribution >= 4 is 58.5 Å². The Morgan fingerprint density at radius 2 is 0.830 bits per heavy atom. The molecule has 0 nitrogen and oxygen atoms in total. The summed E-state index contributed by atoms with van der Waals surface area (Å²) in [4.78, 5) is 0. The quantitative estimate of drug-likeness (QED) is 0.180. The topological polar surface area (TPSA) is 0 Å². The van der Waals surface area contributed by atoms with Gasteiger partial charge in [-0.3, -0.25) is 0 Å². The summed E-state index contributed by atoms with van der Waals surface area (Å²) < 4.78 is 3.75. The fourth-order valence-electron chi connectivity index (χ4n) is 12.2. The molecule has 4 aromatic carbocycles. The van der Waals surface area contributed by atoms with E-state index in [4.69, 9.17) is 0 Å². The van der Waals surface area contributed by atoms with Gasteiger partial charge in [-0.25, -0.2) is 0 Å². The van der Waals surface area contributed by atoms with Crippen molar-refractivity contribution in [3.05, 3.63) is 106 Å². The third-order valence-corrected chi connectivity index (χ3v) is 38.6. The van der Waals surface area contributed by atoms with Gasteiger partial charge in [-0.05, 0) is 0 Å². The van der Waals surface area contributed by atoms with Crippen LogP contribution in [0.4, 0.5) is 0 Å². The Hall–Kier alpha value is -1.67. The average Bonchev–Trinajstić information content (AvgIpc) is 3.38. The Morgan fingerprint density at radius 1 is 0.426 bits per heavy atom. The number of hydrogen-bond acceptors (Lipinski definition) is 0. The Kier molecular flexibility index (Phi) is 8.93. The number of rotatable bonds is 4. The summed E-state index contributed by atoms with van der Waals surface area (Å²) in [5, 5.41) is 5.93. The van der Waals surface area contributed by atoms with Crippen molar-refractivity contribution in [3.8, 4) is 0 Å². The molecule has 5 aliphatic carbocycles. The van der Waals surface area contributed by atoms with Gasteiger partial charge >= 0.3 is 276 Å². The smallest absolute Gasteiger partial charge is 0.147 e. The van der Waals surface area contributed by atoms with Crippen LogP contribution in [0.25, 0.3) is 33.7 Å². The molecule has 0 spiro atoms. The maximum Gasteiger partial charge on any atom is -0.147 e. The third kappa shape index (κ3) is 4.90. The van der Waals surface area contributed by atoms with Gasteiger partial charge in [-0.15, -0.1) is 24.8 Å². The summed E-state index contributed by atoms with van der Waals surface area (Å²) in [6.07, 6.45) is 26.1. The van der Waals surface area contributed by atoms with Crippen LogP contribution in [0, 0.1) is 11.8 Å². The number of benzene rings is 4. The zero-order valence-corrected chi connectivity index (χ0v) is 33.0. The second-order valence-corrected chi connectivity index (χ2v) is 32.6. The molecule has 0 aromatic heterocycles. The fraction of sp³-hybridized carbons (Fsp3) is 0.455. The van der Waals surface area contributed by atoms with Crippen LogP contribution in [0.1, 0.15) is 119 Å². The second kappa shape index (κ2) is 12.9. The minimum absolute atomic E-state index is 0.